The van der Waals surface area contributed by atoms with Gasteiger partial charge in [0.1, 0.15) is 5.82 Å². The van der Waals surface area contributed by atoms with Gasteiger partial charge in [-0.25, -0.2) is 4.39 Å². The Labute approximate surface area is 180 Å². The van der Waals surface area contributed by atoms with Gasteiger partial charge in [0.15, 0.2) is 0 Å². The maximum Gasteiger partial charge on any atom is 0.224 e. The summed E-state index contributed by atoms with van der Waals surface area (Å²) in [6.45, 7) is 3.30. The summed E-state index contributed by atoms with van der Waals surface area (Å²) in [5.41, 5.74) is 4.12. The van der Waals surface area contributed by atoms with Crippen LogP contribution in [0.4, 0.5) is 4.39 Å². The second kappa shape index (κ2) is 9.53. The van der Waals surface area contributed by atoms with E-state index >= 15 is 0 Å². The molecule has 5 nitrogen and oxygen atoms in total. The van der Waals surface area contributed by atoms with Crippen molar-refractivity contribution in [3.05, 3.63) is 63.7 Å². The molecule has 1 N–H and O–H groups in total. The van der Waals surface area contributed by atoms with E-state index in [0.717, 1.165) is 62.4 Å². The molecule has 2 aromatic heterocycles. The van der Waals surface area contributed by atoms with E-state index in [0.29, 0.717) is 6.42 Å². The Morgan fingerprint density at radius 1 is 1.27 bits per heavy atom. The van der Waals surface area contributed by atoms with Crippen LogP contribution in [0.3, 0.4) is 0 Å². The maximum atomic E-state index is 13.1. The number of nitrogens with zero attached hydrogens (tertiary/aromatic N) is 3. The van der Waals surface area contributed by atoms with E-state index in [1.165, 1.54) is 22.6 Å². The molecular formula is C23H27FN4OS. The van der Waals surface area contributed by atoms with E-state index in [1.807, 2.05) is 11.0 Å². The van der Waals surface area contributed by atoms with E-state index in [-0.39, 0.29) is 11.7 Å². The van der Waals surface area contributed by atoms with Crippen molar-refractivity contribution >= 4 is 17.2 Å². The topological polar surface area (TPSA) is 52.2 Å². The van der Waals surface area contributed by atoms with Crippen LogP contribution in [-0.2, 0) is 24.2 Å². The number of fused-ring (bicyclic) bond motifs is 1. The van der Waals surface area contributed by atoms with Gasteiger partial charge in [-0.1, -0.05) is 0 Å². The number of hydrogen-bond acceptors (Lipinski definition) is 4. The zero-order valence-corrected chi connectivity index (χ0v) is 18.1. The fourth-order valence-corrected chi connectivity index (χ4v) is 4.71. The molecule has 0 unspecified atom stereocenters. The lowest BCUT2D eigenvalue weighted by atomic mass is 10.1. The van der Waals surface area contributed by atoms with Crippen LogP contribution in [0.25, 0.3) is 11.3 Å². The van der Waals surface area contributed by atoms with Gasteiger partial charge in [0.25, 0.3) is 0 Å². The SMILES string of the molecule is CN(CCCc1cc(-c2ccc(F)cc2)n[nH]1)CCC(=O)N1CCc2sccc2C1. The number of H-pyrrole nitrogens is 1. The Morgan fingerprint density at radius 3 is 2.93 bits per heavy atom. The number of aryl methyl sites for hydroxylation is 1. The van der Waals surface area contributed by atoms with Gasteiger partial charge < -0.3 is 9.80 Å². The predicted molar refractivity (Wildman–Crippen MR) is 118 cm³/mol. The summed E-state index contributed by atoms with van der Waals surface area (Å²) < 4.78 is 13.1. The Bertz CT molecular complexity index is 981. The zero-order chi connectivity index (χ0) is 20.9. The Morgan fingerprint density at radius 2 is 2.10 bits per heavy atom. The molecule has 3 heterocycles. The Balaban J connectivity index is 1.17. The third kappa shape index (κ3) is 5.15. The monoisotopic (exact) mass is 426 g/mol. The molecule has 1 aromatic carbocycles. The first-order valence-electron chi connectivity index (χ1n) is 10.4. The molecule has 1 aliphatic rings. The summed E-state index contributed by atoms with van der Waals surface area (Å²) in [7, 11) is 2.07. The number of rotatable bonds is 8. The highest BCUT2D eigenvalue weighted by Gasteiger charge is 2.21. The van der Waals surface area contributed by atoms with Gasteiger partial charge in [0, 0.05) is 42.2 Å². The van der Waals surface area contributed by atoms with Gasteiger partial charge in [-0.15, -0.1) is 11.3 Å². The predicted octanol–water partition coefficient (Wildman–Crippen LogP) is 4.12. The number of amides is 1. The molecular weight excluding hydrogens is 399 g/mol. The van der Waals surface area contributed by atoms with Crippen molar-refractivity contribution in [1.82, 2.24) is 20.0 Å². The first-order valence-corrected chi connectivity index (χ1v) is 11.3. The summed E-state index contributed by atoms with van der Waals surface area (Å²) in [4.78, 5) is 18.2. The zero-order valence-electron chi connectivity index (χ0n) is 17.2. The number of nitrogens with one attached hydrogen (secondary N) is 1. The fourth-order valence-electron chi connectivity index (χ4n) is 3.82. The third-order valence-electron chi connectivity index (χ3n) is 5.62. The Hall–Kier alpha value is -2.51. The number of thiophene rings is 1. The minimum Gasteiger partial charge on any atom is -0.338 e. The lowest BCUT2D eigenvalue weighted by Gasteiger charge is -2.28. The second-order valence-electron chi connectivity index (χ2n) is 7.88. The van der Waals surface area contributed by atoms with E-state index in [4.69, 9.17) is 0 Å². The number of carbonyl (C=O) groups excluding carboxylic acids is 1. The van der Waals surface area contributed by atoms with Gasteiger partial charge in [0.05, 0.1) is 5.69 Å². The van der Waals surface area contributed by atoms with Crippen LogP contribution in [0.2, 0.25) is 0 Å². The highest BCUT2D eigenvalue weighted by molar-refractivity contribution is 7.10. The molecule has 4 rings (SSSR count). The number of halogens is 1. The molecule has 0 saturated carbocycles. The molecule has 0 saturated heterocycles. The van der Waals surface area contributed by atoms with Crippen LogP contribution in [0.1, 0.15) is 29.0 Å². The van der Waals surface area contributed by atoms with Gasteiger partial charge >= 0.3 is 0 Å². The normalized spacial score (nSPS) is 13.6. The van der Waals surface area contributed by atoms with Gasteiger partial charge in [-0.2, -0.15) is 5.10 Å². The highest BCUT2D eigenvalue weighted by Crippen LogP contribution is 2.24. The molecule has 0 atom stereocenters. The van der Waals surface area contributed by atoms with Crippen molar-refractivity contribution in [1.29, 1.82) is 0 Å². The molecule has 158 valence electrons. The standard InChI is InChI=1S/C23H27FN4OS/c1-27(12-9-23(29)28-13-8-22-18(16-28)10-14-30-22)11-2-3-20-15-21(26-25-20)17-4-6-19(24)7-5-17/h4-7,10,14-15H,2-3,8-9,11-13,16H2,1H3,(H,25,26). The number of benzene rings is 1. The first-order chi connectivity index (χ1) is 14.6. The number of aromatic amines is 1. The molecule has 7 heteroatoms. The van der Waals surface area contributed by atoms with Gasteiger partial charge in [-0.05, 0) is 80.2 Å². The number of hydrogen-bond donors (Lipinski definition) is 1. The third-order valence-corrected chi connectivity index (χ3v) is 6.65. The van der Waals surface area contributed by atoms with Crippen molar-refractivity contribution in [3.63, 3.8) is 0 Å². The summed E-state index contributed by atoms with van der Waals surface area (Å²) in [5.74, 6) is 0.00346. The lowest BCUT2D eigenvalue weighted by Crippen LogP contribution is -2.37. The summed E-state index contributed by atoms with van der Waals surface area (Å²) in [6, 6.07) is 10.5. The van der Waals surface area contributed by atoms with Crippen molar-refractivity contribution < 1.29 is 9.18 Å². The molecule has 0 radical (unpaired) electrons. The first kappa shape index (κ1) is 20.8. The van der Waals surface area contributed by atoms with Gasteiger partial charge in [-0.3, -0.25) is 9.89 Å². The maximum absolute atomic E-state index is 13.1. The molecule has 0 spiro atoms. The second-order valence-corrected chi connectivity index (χ2v) is 8.88. The minimum atomic E-state index is -0.243. The van der Waals surface area contributed by atoms with Crippen LogP contribution in [0.5, 0.6) is 0 Å². The smallest absolute Gasteiger partial charge is 0.224 e. The van der Waals surface area contributed by atoms with E-state index in [1.54, 1.807) is 23.5 Å². The van der Waals surface area contributed by atoms with Crippen LogP contribution in [0, 0.1) is 5.82 Å². The van der Waals surface area contributed by atoms with E-state index < -0.39 is 0 Å². The number of aromatic nitrogens is 2. The average molecular weight is 427 g/mol. The quantitative estimate of drug-likeness (QED) is 0.590. The molecule has 1 aliphatic heterocycles. The van der Waals surface area contributed by atoms with Crippen molar-refractivity contribution in [2.75, 3.05) is 26.7 Å². The molecule has 30 heavy (non-hydrogen) atoms. The van der Waals surface area contributed by atoms with E-state index in [9.17, 15) is 9.18 Å². The summed E-state index contributed by atoms with van der Waals surface area (Å²) in [6.07, 6.45) is 3.42. The molecule has 0 fully saturated rings. The average Bonchev–Trinajstić information content (AvgIpc) is 3.41. The minimum absolute atomic E-state index is 0.243. The number of carbonyl (C=O) groups is 1. The fraction of sp³-hybridized carbons (Fsp3) is 0.391. The van der Waals surface area contributed by atoms with Crippen LogP contribution >= 0.6 is 11.3 Å². The van der Waals surface area contributed by atoms with Crippen molar-refractivity contribution in [2.24, 2.45) is 0 Å². The van der Waals surface area contributed by atoms with Crippen molar-refractivity contribution in [2.45, 2.75) is 32.2 Å². The van der Waals surface area contributed by atoms with Crippen LogP contribution in [-0.4, -0.2) is 52.6 Å². The van der Waals surface area contributed by atoms with Crippen LogP contribution in [0.15, 0.2) is 41.8 Å². The molecule has 0 bridgehead atoms. The van der Waals surface area contributed by atoms with E-state index in [2.05, 4.69) is 33.6 Å². The van der Waals surface area contributed by atoms with Crippen LogP contribution < -0.4 is 0 Å². The molecule has 0 aliphatic carbocycles. The summed E-state index contributed by atoms with van der Waals surface area (Å²) >= 11 is 1.80. The lowest BCUT2D eigenvalue weighted by molar-refractivity contribution is -0.132. The summed E-state index contributed by atoms with van der Waals surface area (Å²) in [5, 5.41) is 9.52. The largest absolute Gasteiger partial charge is 0.338 e. The Kier molecular flexibility index (Phi) is 6.59. The molecule has 1 amide bonds. The molecule has 3 aromatic rings. The highest BCUT2D eigenvalue weighted by atomic mass is 32.1. The van der Waals surface area contributed by atoms with Crippen molar-refractivity contribution in [3.8, 4) is 11.3 Å². The van der Waals surface area contributed by atoms with Gasteiger partial charge in [0.2, 0.25) is 5.91 Å².